The molecular formula is C42H80O6. The molecule has 0 aromatic heterocycles. The molecule has 0 bridgehead atoms. The molecule has 0 radical (unpaired) electrons. The highest BCUT2D eigenvalue weighted by molar-refractivity contribution is 5.71. The molecule has 48 heavy (non-hydrogen) atoms. The number of carbonyl (C=O) groups is 3. The molecule has 1 atom stereocenters. The van der Waals surface area contributed by atoms with E-state index in [1.807, 2.05) is 0 Å². The first-order valence-corrected chi connectivity index (χ1v) is 20.7. The van der Waals surface area contributed by atoms with Gasteiger partial charge in [0, 0.05) is 19.3 Å². The average molecular weight is 681 g/mol. The predicted octanol–water partition coefficient (Wildman–Crippen LogP) is 12.6. The number of rotatable bonds is 36. The Kier molecular flexibility index (Phi) is 34.1. The van der Waals surface area contributed by atoms with Crippen LogP contribution in [0.15, 0.2) is 0 Å². The van der Waals surface area contributed by atoms with Crippen LogP contribution in [0.5, 0.6) is 0 Å². The van der Waals surface area contributed by atoms with Crippen molar-refractivity contribution in [3.8, 4) is 0 Å². The van der Waals surface area contributed by atoms with Crippen molar-refractivity contribution in [3.05, 3.63) is 0 Å². The summed E-state index contributed by atoms with van der Waals surface area (Å²) in [5, 5.41) is 0. The fraction of sp³-hybridized carbons (Fsp3) is 0.929. The maximum atomic E-state index is 12.5. The first-order chi connectivity index (χ1) is 23.2. The van der Waals surface area contributed by atoms with E-state index in [9.17, 15) is 14.4 Å². The number of hydrogen-bond donors (Lipinski definition) is 0. The van der Waals surface area contributed by atoms with E-state index < -0.39 is 6.10 Å². The molecular weight excluding hydrogens is 600 g/mol. The van der Waals surface area contributed by atoms with E-state index in [1.165, 1.54) is 103 Å². The lowest BCUT2D eigenvalue weighted by Crippen LogP contribution is -2.30. The molecule has 0 N–H and O–H groups in total. The van der Waals surface area contributed by atoms with Crippen LogP contribution in [0.4, 0.5) is 0 Å². The zero-order chi connectivity index (χ0) is 35.5. The number of ether oxygens (including phenoxy) is 3. The van der Waals surface area contributed by atoms with Crippen LogP contribution in [0.1, 0.15) is 221 Å². The molecule has 6 nitrogen and oxygen atoms in total. The van der Waals surface area contributed by atoms with Crippen LogP contribution < -0.4 is 0 Å². The monoisotopic (exact) mass is 681 g/mol. The Morgan fingerprint density at radius 1 is 0.396 bits per heavy atom. The molecule has 0 spiro atoms. The molecule has 0 rings (SSSR count). The van der Waals surface area contributed by atoms with Gasteiger partial charge >= 0.3 is 17.9 Å². The van der Waals surface area contributed by atoms with Gasteiger partial charge in [0.1, 0.15) is 13.2 Å². The summed E-state index contributed by atoms with van der Waals surface area (Å²) in [6.45, 7) is 11.2. The maximum Gasteiger partial charge on any atom is 0.306 e. The van der Waals surface area contributed by atoms with Gasteiger partial charge < -0.3 is 14.2 Å². The topological polar surface area (TPSA) is 78.9 Å². The van der Waals surface area contributed by atoms with Crippen molar-refractivity contribution in [1.29, 1.82) is 0 Å². The molecule has 0 fully saturated rings. The lowest BCUT2D eigenvalue weighted by molar-refractivity contribution is -0.167. The van der Waals surface area contributed by atoms with Crippen LogP contribution in [0, 0.1) is 11.8 Å². The SMILES string of the molecule is CCCCCCCC(=O)O[C@@H](COC(=O)CCCCCCCCCCCCC(C)C)COC(=O)CCCCCCCCCCCC(C)C. The fourth-order valence-corrected chi connectivity index (χ4v) is 6.05. The van der Waals surface area contributed by atoms with Gasteiger partial charge in [0.05, 0.1) is 0 Å². The molecule has 284 valence electrons. The number of unbranched alkanes of at least 4 members (excludes halogenated alkanes) is 21. The summed E-state index contributed by atoms with van der Waals surface area (Å²) in [4.78, 5) is 37.3. The Bertz CT molecular complexity index is 734. The highest BCUT2D eigenvalue weighted by atomic mass is 16.6. The van der Waals surface area contributed by atoms with Gasteiger partial charge in [-0.3, -0.25) is 14.4 Å². The second-order valence-electron chi connectivity index (χ2n) is 15.2. The first kappa shape index (κ1) is 46.4. The zero-order valence-electron chi connectivity index (χ0n) is 32.6. The second kappa shape index (κ2) is 35.2. The van der Waals surface area contributed by atoms with Crippen molar-refractivity contribution < 1.29 is 28.6 Å². The van der Waals surface area contributed by atoms with E-state index >= 15 is 0 Å². The number of carbonyl (C=O) groups excluding carboxylic acids is 3. The number of esters is 3. The summed E-state index contributed by atoms with van der Waals surface area (Å²) in [6, 6.07) is 0. The molecule has 6 heteroatoms. The molecule has 0 amide bonds. The third kappa shape index (κ3) is 35.7. The molecule has 0 unspecified atom stereocenters. The average Bonchev–Trinajstić information content (AvgIpc) is 3.04. The summed E-state index contributed by atoms with van der Waals surface area (Å²) in [7, 11) is 0. The van der Waals surface area contributed by atoms with Crippen molar-refractivity contribution in [1.82, 2.24) is 0 Å². The minimum Gasteiger partial charge on any atom is -0.462 e. The van der Waals surface area contributed by atoms with E-state index in [4.69, 9.17) is 14.2 Å². The Balaban J connectivity index is 4.20. The predicted molar refractivity (Wildman–Crippen MR) is 201 cm³/mol. The Hall–Kier alpha value is -1.59. The van der Waals surface area contributed by atoms with Crippen molar-refractivity contribution in [2.75, 3.05) is 13.2 Å². The fourth-order valence-electron chi connectivity index (χ4n) is 6.05. The van der Waals surface area contributed by atoms with Gasteiger partial charge in [-0.25, -0.2) is 0 Å². The van der Waals surface area contributed by atoms with Gasteiger partial charge in [0.25, 0.3) is 0 Å². The number of hydrogen-bond acceptors (Lipinski definition) is 6. The molecule has 0 aliphatic rings. The Labute approximate surface area is 298 Å². The summed E-state index contributed by atoms with van der Waals surface area (Å²) >= 11 is 0. The van der Waals surface area contributed by atoms with Crippen LogP contribution in [-0.2, 0) is 28.6 Å². The van der Waals surface area contributed by atoms with Crippen LogP contribution >= 0.6 is 0 Å². The summed E-state index contributed by atoms with van der Waals surface area (Å²) in [5.41, 5.74) is 0. The normalized spacial score (nSPS) is 12.1. The van der Waals surface area contributed by atoms with E-state index in [2.05, 4.69) is 34.6 Å². The minimum atomic E-state index is -0.757. The molecule has 0 saturated heterocycles. The minimum absolute atomic E-state index is 0.0671. The van der Waals surface area contributed by atoms with Gasteiger partial charge in [0.15, 0.2) is 6.10 Å². The summed E-state index contributed by atoms with van der Waals surface area (Å²) < 4.78 is 16.5. The summed E-state index contributed by atoms with van der Waals surface area (Å²) in [5.74, 6) is 0.749. The van der Waals surface area contributed by atoms with Gasteiger partial charge in [0.2, 0.25) is 0 Å². The van der Waals surface area contributed by atoms with E-state index in [-0.39, 0.29) is 31.1 Å². The van der Waals surface area contributed by atoms with Gasteiger partial charge in [-0.2, -0.15) is 0 Å². The van der Waals surface area contributed by atoms with Crippen molar-refractivity contribution in [3.63, 3.8) is 0 Å². The van der Waals surface area contributed by atoms with E-state index in [1.54, 1.807) is 0 Å². The molecule has 0 heterocycles. The first-order valence-electron chi connectivity index (χ1n) is 20.7. The zero-order valence-corrected chi connectivity index (χ0v) is 32.6. The molecule has 0 saturated carbocycles. The van der Waals surface area contributed by atoms with Crippen LogP contribution in [0.2, 0.25) is 0 Å². The van der Waals surface area contributed by atoms with Crippen molar-refractivity contribution >= 4 is 17.9 Å². The largest absolute Gasteiger partial charge is 0.462 e. The third-order valence-corrected chi connectivity index (χ3v) is 9.22. The van der Waals surface area contributed by atoms with Crippen LogP contribution in [-0.4, -0.2) is 37.2 Å². The van der Waals surface area contributed by atoms with Crippen LogP contribution in [0.25, 0.3) is 0 Å². The lowest BCUT2D eigenvalue weighted by Gasteiger charge is -2.18. The van der Waals surface area contributed by atoms with E-state index in [0.717, 1.165) is 76.0 Å². The molecule has 0 aromatic carbocycles. The smallest absolute Gasteiger partial charge is 0.306 e. The van der Waals surface area contributed by atoms with Gasteiger partial charge in [-0.1, -0.05) is 182 Å². The van der Waals surface area contributed by atoms with Crippen molar-refractivity contribution in [2.45, 2.75) is 227 Å². The quantitative estimate of drug-likeness (QED) is 0.0372. The summed E-state index contributed by atoms with van der Waals surface area (Å²) in [6.07, 6.45) is 31.2. The third-order valence-electron chi connectivity index (χ3n) is 9.22. The maximum absolute atomic E-state index is 12.5. The Morgan fingerprint density at radius 3 is 1.02 bits per heavy atom. The van der Waals surface area contributed by atoms with Gasteiger partial charge in [-0.15, -0.1) is 0 Å². The lowest BCUT2D eigenvalue weighted by atomic mass is 10.0. The highest BCUT2D eigenvalue weighted by Gasteiger charge is 2.19. The van der Waals surface area contributed by atoms with Crippen LogP contribution in [0.3, 0.4) is 0 Å². The standard InChI is InChI=1S/C42H80O6/c1-6-7-8-20-29-34-42(45)48-39(36-47-41(44)33-28-24-19-15-11-13-17-22-26-31-38(4)5)35-46-40(43)32-27-23-18-14-10-9-12-16-21-25-30-37(2)3/h37-39H,6-36H2,1-5H3/t39-/m0/s1. The Morgan fingerprint density at radius 2 is 0.688 bits per heavy atom. The molecule has 0 aromatic rings. The molecule has 0 aliphatic heterocycles. The van der Waals surface area contributed by atoms with E-state index in [0.29, 0.717) is 19.3 Å². The highest BCUT2D eigenvalue weighted by Crippen LogP contribution is 2.16. The molecule has 0 aliphatic carbocycles. The van der Waals surface area contributed by atoms with Gasteiger partial charge in [-0.05, 0) is 31.1 Å². The van der Waals surface area contributed by atoms with Crippen molar-refractivity contribution in [2.24, 2.45) is 11.8 Å². The second-order valence-corrected chi connectivity index (χ2v) is 15.2.